The number of anilines is 1. The smallest absolute Gasteiger partial charge is 0.292 e. The molecule has 0 saturated heterocycles. The first kappa shape index (κ1) is 14.8. The molecular weight excluding hydrogens is 285 g/mol. The molecule has 0 bridgehead atoms. The molecule has 2 aromatic rings. The monoisotopic (exact) mass is 296 g/mol. The van der Waals surface area contributed by atoms with E-state index in [1.807, 2.05) is 0 Å². The second-order valence-electron chi connectivity index (χ2n) is 4.50. The molecule has 0 radical (unpaired) electrons. The fraction of sp³-hybridized carbons (Fsp3) is 0.143. The highest BCUT2D eigenvalue weighted by Crippen LogP contribution is 2.26. The molecule has 0 atom stereocenters. The van der Waals surface area contributed by atoms with Gasteiger partial charge in [-0.1, -0.05) is 6.07 Å². The maximum absolute atomic E-state index is 13.1. The van der Waals surface area contributed by atoms with Gasteiger partial charge in [-0.15, -0.1) is 0 Å². The lowest BCUT2D eigenvalue weighted by Crippen LogP contribution is -2.04. The van der Waals surface area contributed by atoms with Crippen LogP contribution in [-0.2, 0) is 6.54 Å². The highest BCUT2D eigenvalue weighted by atomic mass is 19.2. The molecule has 0 aliphatic carbocycles. The molecule has 0 aromatic heterocycles. The summed E-state index contributed by atoms with van der Waals surface area (Å²) >= 11 is 0. The third-order valence-electron chi connectivity index (χ3n) is 2.88. The third kappa shape index (κ3) is 3.31. The van der Waals surface area contributed by atoms with E-state index in [2.05, 4.69) is 5.32 Å². The van der Waals surface area contributed by atoms with Gasteiger partial charge in [0.15, 0.2) is 17.5 Å². The zero-order valence-corrected chi connectivity index (χ0v) is 11.0. The zero-order valence-electron chi connectivity index (χ0n) is 11.0. The Balaban J connectivity index is 2.22. The van der Waals surface area contributed by atoms with Crippen LogP contribution >= 0.6 is 0 Å². The van der Waals surface area contributed by atoms with Crippen molar-refractivity contribution >= 4 is 11.4 Å². The van der Waals surface area contributed by atoms with Crippen molar-refractivity contribution in [1.29, 1.82) is 0 Å². The average Bonchev–Trinajstić information content (AvgIpc) is 2.43. The van der Waals surface area contributed by atoms with Crippen molar-refractivity contribution in [2.24, 2.45) is 0 Å². The van der Waals surface area contributed by atoms with E-state index in [-0.39, 0.29) is 23.5 Å². The molecule has 0 heterocycles. The van der Waals surface area contributed by atoms with Gasteiger partial charge < -0.3 is 5.32 Å². The van der Waals surface area contributed by atoms with Gasteiger partial charge in [0.05, 0.1) is 4.92 Å². The van der Waals surface area contributed by atoms with Crippen molar-refractivity contribution in [3.8, 4) is 0 Å². The molecular formula is C14H11F3N2O2. The maximum Gasteiger partial charge on any atom is 0.292 e. The number of halogens is 3. The van der Waals surface area contributed by atoms with E-state index < -0.39 is 22.4 Å². The Bertz CT molecular complexity index is 682. The predicted octanol–water partition coefficient (Wildman–Crippen LogP) is 3.93. The van der Waals surface area contributed by atoms with Crippen LogP contribution in [0, 0.1) is 34.5 Å². The molecule has 1 N–H and O–H groups in total. The number of hydrogen-bond donors (Lipinski definition) is 1. The van der Waals surface area contributed by atoms with Gasteiger partial charge >= 0.3 is 0 Å². The van der Waals surface area contributed by atoms with Crippen LogP contribution in [0.5, 0.6) is 0 Å². The molecule has 0 spiro atoms. The van der Waals surface area contributed by atoms with Crippen molar-refractivity contribution < 1.29 is 18.1 Å². The first-order valence-electron chi connectivity index (χ1n) is 6.01. The Labute approximate surface area is 118 Å². The largest absolute Gasteiger partial charge is 0.375 e. The van der Waals surface area contributed by atoms with E-state index >= 15 is 0 Å². The van der Waals surface area contributed by atoms with E-state index in [0.717, 1.165) is 12.1 Å². The van der Waals surface area contributed by atoms with Gasteiger partial charge in [0.1, 0.15) is 5.69 Å². The van der Waals surface area contributed by atoms with Crippen LogP contribution in [0.2, 0.25) is 0 Å². The van der Waals surface area contributed by atoms with Gasteiger partial charge in [0.2, 0.25) is 0 Å². The second-order valence-corrected chi connectivity index (χ2v) is 4.50. The number of hydrogen-bond acceptors (Lipinski definition) is 3. The number of rotatable bonds is 4. The highest BCUT2D eigenvalue weighted by molar-refractivity contribution is 5.62. The lowest BCUT2D eigenvalue weighted by molar-refractivity contribution is -0.384. The topological polar surface area (TPSA) is 55.2 Å². The highest BCUT2D eigenvalue weighted by Gasteiger charge is 2.14. The van der Waals surface area contributed by atoms with Gasteiger partial charge in [-0.2, -0.15) is 0 Å². The molecule has 2 aromatic carbocycles. The Kier molecular flexibility index (Phi) is 4.11. The molecule has 0 amide bonds. The van der Waals surface area contributed by atoms with Gasteiger partial charge in [0, 0.05) is 12.6 Å². The summed E-state index contributed by atoms with van der Waals surface area (Å²) in [6, 6.07) is 6.23. The van der Waals surface area contributed by atoms with Gasteiger partial charge in [-0.05, 0) is 36.2 Å². The van der Waals surface area contributed by atoms with Crippen molar-refractivity contribution in [2.75, 3.05) is 5.32 Å². The Morgan fingerprint density at radius 3 is 2.33 bits per heavy atom. The molecule has 0 saturated carbocycles. The molecule has 7 heteroatoms. The van der Waals surface area contributed by atoms with E-state index in [4.69, 9.17) is 0 Å². The second kappa shape index (κ2) is 5.82. The standard InChI is InChI=1S/C14H11F3N2O2/c1-8-2-3-12(13(4-8)19(20)21)18-7-9-5-10(15)14(17)11(16)6-9/h2-6,18H,7H2,1H3. The fourth-order valence-corrected chi connectivity index (χ4v) is 1.85. The van der Waals surface area contributed by atoms with Crippen LogP contribution in [0.4, 0.5) is 24.5 Å². The van der Waals surface area contributed by atoms with Crippen molar-refractivity contribution in [2.45, 2.75) is 13.5 Å². The van der Waals surface area contributed by atoms with E-state index in [1.165, 1.54) is 12.1 Å². The number of aryl methyl sites for hydroxylation is 1. The minimum absolute atomic E-state index is 0.0714. The molecule has 4 nitrogen and oxygen atoms in total. The van der Waals surface area contributed by atoms with Crippen molar-refractivity contribution in [3.63, 3.8) is 0 Å². The summed E-state index contributed by atoms with van der Waals surface area (Å²) in [6.45, 7) is 1.64. The van der Waals surface area contributed by atoms with E-state index in [1.54, 1.807) is 13.0 Å². The van der Waals surface area contributed by atoms with Gasteiger partial charge in [-0.3, -0.25) is 10.1 Å². The summed E-state index contributed by atoms with van der Waals surface area (Å²) in [4.78, 5) is 10.4. The van der Waals surface area contributed by atoms with Crippen LogP contribution in [-0.4, -0.2) is 4.92 Å². The normalized spacial score (nSPS) is 10.5. The van der Waals surface area contributed by atoms with Crippen LogP contribution in [0.1, 0.15) is 11.1 Å². The van der Waals surface area contributed by atoms with Crippen molar-refractivity contribution in [1.82, 2.24) is 0 Å². The quantitative estimate of drug-likeness (QED) is 0.528. The average molecular weight is 296 g/mol. The lowest BCUT2D eigenvalue weighted by Gasteiger charge is -2.08. The first-order chi connectivity index (χ1) is 9.88. The van der Waals surface area contributed by atoms with Gasteiger partial charge in [0.25, 0.3) is 5.69 Å². The Morgan fingerprint density at radius 2 is 1.76 bits per heavy atom. The zero-order chi connectivity index (χ0) is 15.6. The summed E-state index contributed by atoms with van der Waals surface area (Å²) in [7, 11) is 0. The van der Waals surface area contributed by atoms with Gasteiger partial charge in [-0.25, -0.2) is 13.2 Å². The summed E-state index contributed by atoms with van der Waals surface area (Å²) in [5, 5.41) is 13.6. The Hall–Kier alpha value is -2.57. The van der Waals surface area contributed by atoms with Crippen LogP contribution in [0.25, 0.3) is 0 Å². The van der Waals surface area contributed by atoms with E-state index in [9.17, 15) is 23.3 Å². The number of nitro groups is 1. The molecule has 110 valence electrons. The predicted molar refractivity (Wildman–Crippen MR) is 71.5 cm³/mol. The number of nitrogens with one attached hydrogen (secondary N) is 1. The molecule has 2 rings (SSSR count). The van der Waals surface area contributed by atoms with Crippen LogP contribution in [0.3, 0.4) is 0 Å². The molecule has 0 aliphatic heterocycles. The first-order valence-corrected chi connectivity index (χ1v) is 6.01. The number of nitrogens with zero attached hydrogens (tertiary/aromatic N) is 1. The fourth-order valence-electron chi connectivity index (χ4n) is 1.85. The minimum Gasteiger partial charge on any atom is -0.375 e. The summed E-state index contributed by atoms with van der Waals surface area (Å²) < 4.78 is 39.0. The molecule has 0 fully saturated rings. The minimum atomic E-state index is -1.54. The van der Waals surface area contributed by atoms with Crippen LogP contribution < -0.4 is 5.32 Å². The summed E-state index contributed by atoms with van der Waals surface area (Å²) in [5.74, 6) is -4.14. The van der Waals surface area contributed by atoms with Crippen molar-refractivity contribution in [3.05, 3.63) is 69.0 Å². The maximum atomic E-state index is 13.1. The van der Waals surface area contributed by atoms with Crippen LogP contribution in [0.15, 0.2) is 30.3 Å². The number of benzene rings is 2. The summed E-state index contributed by atoms with van der Waals surface area (Å²) in [6.07, 6.45) is 0. The number of nitro benzene ring substituents is 1. The SMILES string of the molecule is Cc1ccc(NCc2cc(F)c(F)c(F)c2)c([N+](=O)[O-])c1. The lowest BCUT2D eigenvalue weighted by atomic mass is 10.1. The molecule has 0 aliphatic rings. The Morgan fingerprint density at radius 1 is 1.14 bits per heavy atom. The molecule has 21 heavy (non-hydrogen) atoms. The third-order valence-corrected chi connectivity index (χ3v) is 2.88. The molecule has 0 unspecified atom stereocenters. The summed E-state index contributed by atoms with van der Waals surface area (Å²) in [5.41, 5.74) is 0.932. The van der Waals surface area contributed by atoms with E-state index in [0.29, 0.717) is 5.56 Å².